The minimum atomic E-state index is -5.14. The minimum absolute atomic E-state index is 0.0226. The monoisotopic (exact) mass is 468 g/mol. The van der Waals surface area contributed by atoms with Crippen molar-refractivity contribution in [3.8, 4) is 5.75 Å². The van der Waals surface area contributed by atoms with Gasteiger partial charge >= 0.3 is 12.1 Å². The maximum Gasteiger partial charge on any atom is 0.471 e. The molecule has 2 amide bonds. The first-order valence-electron chi connectivity index (χ1n) is 10.7. The molecule has 0 unspecified atom stereocenters. The van der Waals surface area contributed by atoms with Crippen molar-refractivity contribution in [2.75, 3.05) is 11.5 Å². The minimum Gasteiger partial charge on any atom is -0.494 e. The quantitative estimate of drug-likeness (QED) is 0.580. The Balaban J connectivity index is 2.03. The number of alkyl halides is 3. The van der Waals surface area contributed by atoms with Gasteiger partial charge in [-0.3, -0.25) is 14.5 Å². The van der Waals surface area contributed by atoms with E-state index in [0.717, 1.165) is 37.0 Å². The van der Waals surface area contributed by atoms with E-state index in [1.807, 2.05) is 0 Å². The van der Waals surface area contributed by atoms with Gasteiger partial charge in [0.25, 0.3) is 0 Å². The highest BCUT2D eigenvalue weighted by Gasteiger charge is 2.48. The Kier molecular flexibility index (Phi) is 7.82. The summed E-state index contributed by atoms with van der Waals surface area (Å²) < 4.78 is 46.3. The standard InChI is InChI=1S/C23H27F3N2O3S/c1-3-31-18-12-10-17(11-13-18)28(22(30)23(24,25)26)20(19-14-9-15(2)32-19)21(29)27-16-7-5-4-6-8-16/h9-14,16,20H,3-8H2,1-2H3,(H,27,29)/t20-/m0/s1. The van der Waals surface area contributed by atoms with E-state index in [4.69, 9.17) is 4.74 Å². The predicted molar refractivity (Wildman–Crippen MR) is 118 cm³/mol. The molecular weight excluding hydrogens is 441 g/mol. The largest absolute Gasteiger partial charge is 0.494 e. The van der Waals surface area contributed by atoms with Gasteiger partial charge in [0.15, 0.2) is 6.04 Å². The highest BCUT2D eigenvalue weighted by Crippen LogP contribution is 2.36. The van der Waals surface area contributed by atoms with Crippen LogP contribution in [0.3, 0.4) is 0 Å². The summed E-state index contributed by atoms with van der Waals surface area (Å²) >= 11 is 1.20. The van der Waals surface area contributed by atoms with E-state index < -0.39 is 24.0 Å². The number of thiophene rings is 1. The van der Waals surface area contributed by atoms with Crippen molar-refractivity contribution in [3.63, 3.8) is 0 Å². The molecule has 174 valence electrons. The van der Waals surface area contributed by atoms with Crippen LogP contribution in [-0.4, -0.2) is 30.6 Å². The van der Waals surface area contributed by atoms with Crippen LogP contribution in [-0.2, 0) is 9.59 Å². The molecule has 1 aliphatic rings. The average Bonchev–Trinajstić information content (AvgIpc) is 3.18. The van der Waals surface area contributed by atoms with Gasteiger partial charge in [0.05, 0.1) is 6.61 Å². The van der Waals surface area contributed by atoms with Gasteiger partial charge in [-0.1, -0.05) is 19.3 Å². The number of hydrogen-bond acceptors (Lipinski definition) is 4. The second-order valence-electron chi connectivity index (χ2n) is 7.79. The van der Waals surface area contributed by atoms with Gasteiger partial charge in [-0.05, 0) is 63.1 Å². The predicted octanol–water partition coefficient (Wildman–Crippen LogP) is 5.54. The van der Waals surface area contributed by atoms with Crippen molar-refractivity contribution >= 4 is 28.8 Å². The molecule has 0 bridgehead atoms. The lowest BCUT2D eigenvalue weighted by atomic mass is 9.95. The zero-order chi connectivity index (χ0) is 23.3. The van der Waals surface area contributed by atoms with Gasteiger partial charge in [-0.15, -0.1) is 11.3 Å². The molecule has 1 N–H and O–H groups in total. The molecule has 0 aliphatic heterocycles. The van der Waals surface area contributed by atoms with Crippen LogP contribution >= 0.6 is 11.3 Å². The summed E-state index contributed by atoms with van der Waals surface area (Å²) in [4.78, 5) is 27.7. The Morgan fingerprint density at radius 1 is 1.12 bits per heavy atom. The van der Waals surface area contributed by atoms with Crippen molar-refractivity contribution in [2.45, 2.75) is 64.2 Å². The lowest BCUT2D eigenvalue weighted by Gasteiger charge is -2.33. The number of hydrogen-bond donors (Lipinski definition) is 1. The smallest absolute Gasteiger partial charge is 0.471 e. The Bertz CT molecular complexity index is 921. The highest BCUT2D eigenvalue weighted by atomic mass is 32.1. The Hall–Kier alpha value is -2.55. The molecule has 1 atom stereocenters. The molecule has 0 spiro atoms. The number of ether oxygens (including phenoxy) is 1. The van der Waals surface area contributed by atoms with E-state index >= 15 is 0 Å². The van der Waals surface area contributed by atoms with Crippen molar-refractivity contribution in [2.24, 2.45) is 0 Å². The van der Waals surface area contributed by atoms with Crippen LogP contribution in [0, 0.1) is 6.92 Å². The van der Waals surface area contributed by atoms with Crippen LogP contribution in [0.2, 0.25) is 0 Å². The third-order valence-corrected chi connectivity index (χ3v) is 6.43. The average molecular weight is 469 g/mol. The summed E-state index contributed by atoms with van der Waals surface area (Å²) in [6, 6.07) is 7.53. The number of nitrogens with zero attached hydrogens (tertiary/aromatic N) is 1. The molecule has 1 aromatic carbocycles. The maximum atomic E-state index is 13.6. The van der Waals surface area contributed by atoms with E-state index in [1.54, 1.807) is 26.0 Å². The normalized spacial score (nSPS) is 15.8. The molecule has 0 saturated heterocycles. The van der Waals surface area contributed by atoms with Crippen LogP contribution < -0.4 is 15.0 Å². The first-order chi connectivity index (χ1) is 15.2. The van der Waals surface area contributed by atoms with Gasteiger partial charge in [0.1, 0.15) is 5.75 Å². The maximum absolute atomic E-state index is 13.6. The Morgan fingerprint density at radius 2 is 1.78 bits per heavy atom. The van der Waals surface area contributed by atoms with E-state index in [1.165, 1.54) is 35.6 Å². The number of rotatable bonds is 7. The summed E-state index contributed by atoms with van der Waals surface area (Å²) in [6.07, 6.45) is -0.606. The molecule has 32 heavy (non-hydrogen) atoms. The lowest BCUT2D eigenvalue weighted by molar-refractivity contribution is -0.171. The fourth-order valence-corrected chi connectivity index (χ4v) is 4.86. The molecule has 2 aromatic rings. The van der Waals surface area contributed by atoms with Crippen LogP contribution in [0.5, 0.6) is 5.75 Å². The summed E-state index contributed by atoms with van der Waals surface area (Å²) in [7, 11) is 0. The van der Waals surface area contributed by atoms with Crippen LogP contribution in [0.25, 0.3) is 0 Å². The zero-order valence-electron chi connectivity index (χ0n) is 18.1. The second-order valence-corrected chi connectivity index (χ2v) is 9.11. The topological polar surface area (TPSA) is 58.6 Å². The van der Waals surface area contributed by atoms with E-state index in [-0.39, 0.29) is 11.7 Å². The van der Waals surface area contributed by atoms with Crippen LogP contribution in [0.15, 0.2) is 36.4 Å². The molecule has 1 saturated carbocycles. The summed E-state index contributed by atoms with van der Waals surface area (Å²) in [5, 5.41) is 2.90. The summed E-state index contributed by atoms with van der Waals surface area (Å²) in [5.41, 5.74) is -0.0226. The van der Waals surface area contributed by atoms with Crippen LogP contribution in [0.4, 0.5) is 18.9 Å². The molecule has 1 aliphatic carbocycles. The van der Waals surface area contributed by atoms with E-state index in [9.17, 15) is 22.8 Å². The number of benzene rings is 1. The number of anilines is 1. The van der Waals surface area contributed by atoms with Crippen molar-refractivity contribution < 1.29 is 27.5 Å². The molecular formula is C23H27F3N2O3S. The molecule has 1 fully saturated rings. The third-order valence-electron chi connectivity index (χ3n) is 5.38. The number of amides is 2. The molecule has 0 radical (unpaired) electrons. The van der Waals surface area contributed by atoms with Crippen molar-refractivity contribution in [1.82, 2.24) is 5.32 Å². The van der Waals surface area contributed by atoms with Gasteiger partial charge in [0, 0.05) is 21.5 Å². The van der Waals surface area contributed by atoms with Gasteiger partial charge in [-0.2, -0.15) is 13.2 Å². The second kappa shape index (κ2) is 10.4. The lowest BCUT2D eigenvalue weighted by Crippen LogP contribution is -2.50. The molecule has 1 heterocycles. The van der Waals surface area contributed by atoms with Gasteiger partial charge in [0.2, 0.25) is 5.91 Å². The zero-order valence-corrected chi connectivity index (χ0v) is 18.9. The molecule has 5 nitrogen and oxygen atoms in total. The van der Waals surface area contributed by atoms with E-state index in [0.29, 0.717) is 22.1 Å². The van der Waals surface area contributed by atoms with Crippen LogP contribution in [0.1, 0.15) is 54.8 Å². The number of aryl methyl sites for hydroxylation is 1. The van der Waals surface area contributed by atoms with Crippen molar-refractivity contribution in [3.05, 3.63) is 46.2 Å². The third kappa shape index (κ3) is 5.82. The first kappa shape index (κ1) is 24.1. The molecule has 9 heteroatoms. The Labute approximate surface area is 189 Å². The summed E-state index contributed by atoms with van der Waals surface area (Å²) in [5.74, 6) is -2.23. The van der Waals surface area contributed by atoms with Crippen molar-refractivity contribution in [1.29, 1.82) is 0 Å². The van der Waals surface area contributed by atoms with Gasteiger partial charge in [-0.25, -0.2) is 0 Å². The molecule has 1 aromatic heterocycles. The first-order valence-corrected chi connectivity index (χ1v) is 11.5. The van der Waals surface area contributed by atoms with E-state index in [2.05, 4.69) is 5.32 Å². The number of carbonyl (C=O) groups excluding carboxylic acids is 2. The number of halogens is 3. The number of nitrogens with one attached hydrogen (secondary N) is 1. The SMILES string of the molecule is CCOc1ccc(N(C(=O)C(F)(F)F)[C@H](C(=O)NC2CCCCC2)c2ccc(C)s2)cc1. The fraction of sp³-hybridized carbons (Fsp3) is 0.478. The highest BCUT2D eigenvalue weighted by molar-refractivity contribution is 7.12. The fourth-order valence-electron chi connectivity index (χ4n) is 3.89. The Morgan fingerprint density at radius 3 is 2.31 bits per heavy atom. The molecule has 3 rings (SSSR count). The summed E-state index contributed by atoms with van der Waals surface area (Å²) in [6.45, 7) is 3.99. The number of carbonyl (C=O) groups is 2. The van der Waals surface area contributed by atoms with Gasteiger partial charge < -0.3 is 10.1 Å².